The van der Waals surface area contributed by atoms with Crippen LogP contribution in [-0.4, -0.2) is 6.71 Å². The van der Waals surface area contributed by atoms with E-state index in [0.717, 1.165) is 25.1 Å². The summed E-state index contributed by atoms with van der Waals surface area (Å²) in [5.74, 6) is 2.20. The fraction of sp³-hybridized carbons (Fsp3) is 0.493. The van der Waals surface area contributed by atoms with Crippen LogP contribution >= 0.6 is 0 Å². The lowest BCUT2D eigenvalue weighted by atomic mass is 9.32. The predicted octanol–water partition coefficient (Wildman–Crippen LogP) is 16.7. The van der Waals surface area contributed by atoms with Gasteiger partial charge in [-0.3, -0.25) is 4.90 Å². The van der Waals surface area contributed by atoms with Crippen LogP contribution in [0.1, 0.15) is 212 Å². The second-order valence-corrected chi connectivity index (χ2v) is 28.9. The van der Waals surface area contributed by atoms with E-state index in [0.29, 0.717) is 0 Å². The average Bonchev–Trinajstić information content (AvgIpc) is 3.73. The Morgan fingerprint density at radius 3 is 1.45 bits per heavy atom. The fourth-order valence-electron chi connectivity index (χ4n) is 14.9. The lowest BCUT2D eigenvalue weighted by Gasteiger charge is -2.48. The molecule has 0 saturated carbocycles. The third-order valence-electron chi connectivity index (χ3n) is 20.1. The molecule has 71 heavy (non-hydrogen) atoms. The summed E-state index contributed by atoms with van der Waals surface area (Å²) in [4.78, 5) is 5.38. The summed E-state index contributed by atoms with van der Waals surface area (Å²) in [6, 6.07) is 34.5. The molecule has 0 unspecified atom stereocenters. The van der Waals surface area contributed by atoms with Crippen molar-refractivity contribution in [1.82, 2.24) is 0 Å². The van der Waals surface area contributed by atoms with Gasteiger partial charge in [0.25, 0.3) is 6.71 Å². The van der Waals surface area contributed by atoms with Crippen molar-refractivity contribution in [3.63, 3.8) is 0 Å². The predicted molar refractivity (Wildman–Crippen MR) is 304 cm³/mol. The largest absolute Gasteiger partial charge is 0.444 e. The number of aryl methyl sites for hydroxylation is 1. The van der Waals surface area contributed by atoms with E-state index in [1.807, 2.05) is 0 Å². The molecule has 0 radical (unpaired) electrons. The van der Waals surface area contributed by atoms with Crippen LogP contribution in [-0.2, 0) is 43.3 Å². The van der Waals surface area contributed by atoms with E-state index in [1.54, 1.807) is 0 Å². The highest BCUT2D eigenvalue weighted by Gasteiger charge is 2.54. The van der Waals surface area contributed by atoms with Crippen LogP contribution in [0, 0.1) is 6.92 Å². The number of fused-ring (bicyclic) bond motifs is 9. The Bertz CT molecular complexity index is 3240. The van der Waals surface area contributed by atoms with Crippen LogP contribution in [0.25, 0.3) is 11.1 Å². The Labute approximate surface area is 428 Å². The molecule has 1 aromatic heterocycles. The molecule has 0 amide bonds. The van der Waals surface area contributed by atoms with Gasteiger partial charge in [-0.15, -0.1) is 0 Å². The first-order valence-corrected chi connectivity index (χ1v) is 27.6. The molecule has 0 spiro atoms. The minimum atomic E-state index is -0.127. The van der Waals surface area contributed by atoms with Gasteiger partial charge in [-0.1, -0.05) is 153 Å². The molecule has 0 saturated heterocycles. The van der Waals surface area contributed by atoms with E-state index in [2.05, 4.69) is 212 Å². The van der Waals surface area contributed by atoms with Gasteiger partial charge in [0, 0.05) is 33.7 Å². The maximum atomic E-state index is 7.90. The minimum Gasteiger partial charge on any atom is -0.444 e. The maximum absolute atomic E-state index is 7.90. The third kappa shape index (κ3) is 6.73. The zero-order chi connectivity index (χ0) is 50.5. The zero-order valence-electron chi connectivity index (χ0n) is 46.6. The van der Waals surface area contributed by atoms with E-state index in [-0.39, 0.29) is 50.0 Å². The van der Waals surface area contributed by atoms with E-state index in [9.17, 15) is 0 Å². The highest BCUT2D eigenvalue weighted by molar-refractivity contribution is 7.00. The molecule has 6 aliphatic rings. The Hall–Kier alpha value is -4.96. The number of rotatable bonds is 3. The summed E-state index contributed by atoms with van der Waals surface area (Å²) in [6.45, 7) is 42.0. The fourth-order valence-corrected chi connectivity index (χ4v) is 14.9. The Morgan fingerprint density at radius 1 is 0.408 bits per heavy atom. The molecule has 6 aromatic rings. The number of nitrogens with zero attached hydrogens (tertiary/aromatic N) is 2. The van der Waals surface area contributed by atoms with Crippen molar-refractivity contribution in [3.05, 3.63) is 135 Å². The number of hydrogen-bond acceptors (Lipinski definition) is 3. The molecule has 0 bridgehead atoms. The second-order valence-electron chi connectivity index (χ2n) is 28.9. The van der Waals surface area contributed by atoms with Gasteiger partial charge in [-0.05, 0) is 205 Å². The minimum absolute atomic E-state index is 0.0125. The lowest BCUT2D eigenvalue weighted by Crippen LogP contribution is -2.63. The SMILES string of the molecule is Cc1cc2c3c(c1)N(c1cc4c(cc1-c1ccccc1)C(C)(C)CCC4(C)C)c1oc4c(c1B3c1cc3c(cc1N2c1ccc2c(c1)C(C)(C)CCC2(C)C)C(C)(C)CCC3(C)C)C(C)(C)CCC4(C)C. The molecule has 3 nitrogen and oxygen atoms in total. The van der Waals surface area contributed by atoms with E-state index in [1.165, 1.54) is 138 Å². The molecule has 4 heteroatoms. The molecule has 12 rings (SSSR count). The summed E-state index contributed by atoms with van der Waals surface area (Å²) >= 11 is 0. The van der Waals surface area contributed by atoms with E-state index < -0.39 is 0 Å². The van der Waals surface area contributed by atoms with Gasteiger partial charge < -0.3 is 9.32 Å². The van der Waals surface area contributed by atoms with Crippen LogP contribution in [0.5, 0.6) is 0 Å². The van der Waals surface area contributed by atoms with Crippen LogP contribution in [0.3, 0.4) is 0 Å². The zero-order valence-corrected chi connectivity index (χ0v) is 46.6. The van der Waals surface area contributed by atoms with Crippen LogP contribution in [0.15, 0.2) is 89.3 Å². The Balaban J connectivity index is 1.25. The quantitative estimate of drug-likeness (QED) is 0.165. The number of anilines is 6. The first kappa shape index (κ1) is 47.1. The summed E-state index contributed by atoms with van der Waals surface area (Å²) < 4.78 is 7.90. The van der Waals surface area contributed by atoms with Crippen molar-refractivity contribution >= 4 is 57.4 Å². The third-order valence-corrected chi connectivity index (χ3v) is 20.1. The van der Waals surface area contributed by atoms with Crippen LogP contribution in [0.4, 0.5) is 34.3 Å². The molecule has 2 aliphatic heterocycles. The summed E-state index contributed by atoms with van der Waals surface area (Å²) in [5, 5.41) is 0. The van der Waals surface area contributed by atoms with Crippen molar-refractivity contribution in [2.24, 2.45) is 0 Å². The summed E-state index contributed by atoms with van der Waals surface area (Å²) in [6.07, 6.45) is 9.25. The van der Waals surface area contributed by atoms with Gasteiger partial charge >= 0.3 is 0 Å². The van der Waals surface area contributed by atoms with E-state index in [4.69, 9.17) is 4.42 Å². The van der Waals surface area contributed by atoms with Crippen molar-refractivity contribution in [1.29, 1.82) is 0 Å². The normalized spacial score (nSPS) is 22.5. The van der Waals surface area contributed by atoms with Gasteiger partial charge in [0.05, 0.1) is 5.69 Å². The molecule has 5 aromatic carbocycles. The standard InChI is InChI=1S/C67H81BN2O/c1-40-33-53-56-54(34-40)70(51-38-48-46(62(6,7)27-29-64(48,10)11)36-43(51)41-21-19-18-20-22-41)59-57(55-58(71-59)67(16,17)32-31-66(55,14)15)68(56)50-37-47-49(65(12,13)30-28-63(47,8)9)39-52(50)69(53)42-23-24-44-45(35-42)61(4,5)26-25-60(44,2)3/h18-24,33-39H,25-32H2,1-17H3. The Kier molecular flexibility index (Phi) is 9.70. The topological polar surface area (TPSA) is 19.6 Å². The number of benzene rings is 5. The highest BCUT2D eigenvalue weighted by atomic mass is 16.4. The first-order valence-electron chi connectivity index (χ1n) is 27.6. The van der Waals surface area contributed by atoms with Crippen molar-refractivity contribution < 1.29 is 4.42 Å². The van der Waals surface area contributed by atoms with E-state index >= 15 is 0 Å². The lowest BCUT2D eigenvalue weighted by molar-refractivity contribution is 0.280. The smallest absolute Gasteiger partial charge is 0.256 e. The van der Waals surface area contributed by atoms with Crippen molar-refractivity contribution in [2.75, 3.05) is 9.80 Å². The monoisotopic (exact) mass is 941 g/mol. The second kappa shape index (κ2) is 14.6. The van der Waals surface area contributed by atoms with Gasteiger partial charge in [0.2, 0.25) is 0 Å². The van der Waals surface area contributed by atoms with Gasteiger partial charge in [-0.25, -0.2) is 0 Å². The Morgan fingerprint density at radius 2 is 0.873 bits per heavy atom. The average molecular weight is 941 g/mol. The van der Waals surface area contributed by atoms with Crippen molar-refractivity contribution in [2.45, 2.75) is 212 Å². The first-order chi connectivity index (χ1) is 33.0. The van der Waals surface area contributed by atoms with Gasteiger partial charge in [-0.2, -0.15) is 0 Å². The van der Waals surface area contributed by atoms with Crippen molar-refractivity contribution in [3.8, 4) is 11.1 Å². The molecule has 368 valence electrons. The maximum Gasteiger partial charge on any atom is 0.256 e. The number of furan rings is 1. The molecule has 0 N–H and O–H groups in total. The molecule has 0 fully saturated rings. The highest BCUT2D eigenvalue weighted by Crippen LogP contribution is 2.58. The molecular formula is C67H81BN2O. The summed E-state index contributed by atoms with van der Waals surface area (Å²) in [7, 11) is 0. The van der Waals surface area contributed by atoms with Crippen LogP contribution in [0.2, 0.25) is 0 Å². The molecule has 4 aliphatic carbocycles. The molecule has 3 heterocycles. The number of hydrogen-bond donors (Lipinski definition) is 0. The molecular weight excluding hydrogens is 860 g/mol. The van der Waals surface area contributed by atoms with Gasteiger partial charge in [0.15, 0.2) is 5.88 Å². The summed E-state index contributed by atoms with van der Waals surface area (Å²) in [5.41, 5.74) is 24.9. The van der Waals surface area contributed by atoms with Gasteiger partial charge in [0.1, 0.15) is 5.76 Å². The van der Waals surface area contributed by atoms with Crippen LogP contribution < -0.4 is 26.2 Å². The molecule has 0 atom stereocenters.